The molecule has 0 radical (unpaired) electrons. The van der Waals surface area contributed by atoms with E-state index >= 15 is 0 Å². The van der Waals surface area contributed by atoms with Gasteiger partial charge in [0.25, 0.3) is 0 Å². The van der Waals surface area contributed by atoms with E-state index in [-0.39, 0.29) is 24.2 Å². The minimum atomic E-state index is 0. The van der Waals surface area contributed by atoms with Gasteiger partial charge in [0.1, 0.15) is 0 Å². The number of halogens is 1. The van der Waals surface area contributed by atoms with Gasteiger partial charge in [-0.05, 0) is 24.8 Å². The van der Waals surface area contributed by atoms with E-state index in [0.29, 0.717) is 26.3 Å². The highest BCUT2D eigenvalue weighted by molar-refractivity contribution is 5.85. The third-order valence-electron chi connectivity index (χ3n) is 3.79. The van der Waals surface area contributed by atoms with Crippen molar-refractivity contribution in [3.63, 3.8) is 0 Å². The molecule has 0 bridgehead atoms. The molecule has 118 valence electrons. The molecule has 1 heterocycles. The maximum Gasteiger partial charge on any atom is 0.225 e. The first-order chi connectivity index (χ1) is 9.81. The van der Waals surface area contributed by atoms with Crippen molar-refractivity contribution < 1.29 is 9.53 Å². The molecule has 1 aliphatic heterocycles. The Morgan fingerprint density at radius 3 is 2.48 bits per heavy atom. The van der Waals surface area contributed by atoms with Crippen molar-refractivity contribution in [2.24, 2.45) is 11.7 Å². The summed E-state index contributed by atoms with van der Waals surface area (Å²) >= 11 is 0. The van der Waals surface area contributed by atoms with E-state index in [1.807, 2.05) is 23.1 Å². The molecule has 0 unspecified atom stereocenters. The Kier molecular flexibility index (Phi) is 8.35. The molecule has 0 spiro atoms. The van der Waals surface area contributed by atoms with Crippen LogP contribution in [0.3, 0.4) is 0 Å². The molecule has 0 aromatic heterocycles. The van der Waals surface area contributed by atoms with Crippen LogP contribution < -0.4 is 5.73 Å². The van der Waals surface area contributed by atoms with Gasteiger partial charge in [0.05, 0.1) is 0 Å². The third kappa shape index (κ3) is 5.65. The largest absolute Gasteiger partial charge is 0.381 e. The second kappa shape index (κ2) is 9.77. The number of carbonyl (C=O) groups excluding carboxylic acids is 1. The van der Waals surface area contributed by atoms with Gasteiger partial charge < -0.3 is 15.4 Å². The molecular formula is C16H25ClN2O2. The maximum absolute atomic E-state index is 12.5. The van der Waals surface area contributed by atoms with Crippen LogP contribution >= 0.6 is 12.4 Å². The van der Waals surface area contributed by atoms with Crippen molar-refractivity contribution in [1.29, 1.82) is 0 Å². The second-order valence-corrected chi connectivity index (χ2v) is 5.24. The van der Waals surface area contributed by atoms with Crippen LogP contribution in [-0.4, -0.2) is 43.7 Å². The molecule has 1 aromatic carbocycles. The van der Waals surface area contributed by atoms with E-state index in [4.69, 9.17) is 10.5 Å². The lowest BCUT2D eigenvalue weighted by Crippen LogP contribution is -2.42. The average molecular weight is 313 g/mol. The molecule has 1 aliphatic rings. The minimum Gasteiger partial charge on any atom is -0.381 e. The highest BCUT2D eigenvalue weighted by atomic mass is 35.5. The van der Waals surface area contributed by atoms with Gasteiger partial charge in [0, 0.05) is 38.8 Å². The molecule has 1 saturated heterocycles. The zero-order valence-electron chi connectivity index (χ0n) is 12.4. The Morgan fingerprint density at radius 1 is 1.19 bits per heavy atom. The van der Waals surface area contributed by atoms with E-state index in [1.165, 1.54) is 5.56 Å². The molecule has 5 heteroatoms. The molecular weight excluding hydrogens is 288 g/mol. The molecule has 2 rings (SSSR count). The SMILES string of the molecule is Cl.NCCN(CCc1ccccc1)C(=O)C1CCOCC1. The standard InChI is InChI=1S/C16H24N2O2.ClH/c17-9-11-18(10-6-14-4-2-1-3-5-14)16(19)15-7-12-20-13-8-15;/h1-5,15H,6-13,17H2;1H. The van der Waals surface area contributed by atoms with Crippen molar-refractivity contribution in [3.05, 3.63) is 35.9 Å². The van der Waals surface area contributed by atoms with Crippen LogP contribution in [0.25, 0.3) is 0 Å². The lowest BCUT2D eigenvalue weighted by atomic mass is 9.98. The monoisotopic (exact) mass is 312 g/mol. The van der Waals surface area contributed by atoms with Crippen LogP contribution in [0.5, 0.6) is 0 Å². The van der Waals surface area contributed by atoms with Gasteiger partial charge >= 0.3 is 0 Å². The predicted octanol–water partition coefficient (Wildman–Crippen LogP) is 1.86. The van der Waals surface area contributed by atoms with Gasteiger partial charge in [-0.3, -0.25) is 4.79 Å². The lowest BCUT2D eigenvalue weighted by Gasteiger charge is -2.29. The molecule has 4 nitrogen and oxygen atoms in total. The number of hydrogen-bond donors (Lipinski definition) is 1. The van der Waals surface area contributed by atoms with Crippen LogP contribution in [0.15, 0.2) is 30.3 Å². The van der Waals surface area contributed by atoms with Gasteiger partial charge in [-0.2, -0.15) is 0 Å². The maximum atomic E-state index is 12.5. The van der Waals surface area contributed by atoms with Crippen molar-refractivity contribution in [3.8, 4) is 0 Å². The average Bonchev–Trinajstić information content (AvgIpc) is 2.52. The molecule has 0 atom stereocenters. The zero-order valence-corrected chi connectivity index (χ0v) is 13.2. The number of carbonyl (C=O) groups is 1. The summed E-state index contributed by atoms with van der Waals surface area (Å²) in [4.78, 5) is 14.4. The summed E-state index contributed by atoms with van der Waals surface area (Å²) in [6.07, 6.45) is 2.56. The summed E-state index contributed by atoms with van der Waals surface area (Å²) in [5.74, 6) is 0.362. The first-order valence-electron chi connectivity index (χ1n) is 7.42. The summed E-state index contributed by atoms with van der Waals surface area (Å²) in [5, 5.41) is 0. The number of rotatable bonds is 6. The van der Waals surface area contributed by atoms with Gasteiger partial charge in [0.15, 0.2) is 0 Å². The Morgan fingerprint density at radius 2 is 1.86 bits per heavy atom. The summed E-state index contributed by atoms with van der Waals surface area (Å²) in [5.41, 5.74) is 6.91. The van der Waals surface area contributed by atoms with Crippen LogP contribution in [0.4, 0.5) is 0 Å². The molecule has 1 fully saturated rings. The Bertz CT molecular complexity index is 408. The van der Waals surface area contributed by atoms with E-state index in [9.17, 15) is 4.79 Å². The van der Waals surface area contributed by atoms with E-state index in [0.717, 1.165) is 25.8 Å². The van der Waals surface area contributed by atoms with Gasteiger partial charge in [0.2, 0.25) is 5.91 Å². The van der Waals surface area contributed by atoms with Crippen LogP contribution in [0.1, 0.15) is 18.4 Å². The molecule has 21 heavy (non-hydrogen) atoms. The topological polar surface area (TPSA) is 55.6 Å². The fraction of sp³-hybridized carbons (Fsp3) is 0.562. The van der Waals surface area contributed by atoms with Crippen LogP contribution in [0.2, 0.25) is 0 Å². The Labute approximate surface area is 133 Å². The van der Waals surface area contributed by atoms with E-state index < -0.39 is 0 Å². The highest BCUT2D eigenvalue weighted by Crippen LogP contribution is 2.17. The lowest BCUT2D eigenvalue weighted by molar-refractivity contribution is -0.138. The molecule has 2 N–H and O–H groups in total. The second-order valence-electron chi connectivity index (χ2n) is 5.24. The van der Waals surface area contributed by atoms with Crippen molar-refractivity contribution in [1.82, 2.24) is 4.90 Å². The van der Waals surface area contributed by atoms with Gasteiger partial charge in [-0.25, -0.2) is 0 Å². The summed E-state index contributed by atoms with van der Waals surface area (Å²) in [7, 11) is 0. The quantitative estimate of drug-likeness (QED) is 0.872. The van der Waals surface area contributed by atoms with Gasteiger partial charge in [-0.15, -0.1) is 12.4 Å². The molecule has 0 aliphatic carbocycles. The normalized spacial score (nSPS) is 15.3. The van der Waals surface area contributed by atoms with Crippen molar-refractivity contribution in [2.45, 2.75) is 19.3 Å². The number of benzene rings is 1. The third-order valence-corrected chi connectivity index (χ3v) is 3.79. The number of nitrogens with zero attached hydrogens (tertiary/aromatic N) is 1. The Balaban J connectivity index is 0.00000220. The molecule has 0 saturated carbocycles. The molecule has 1 amide bonds. The zero-order chi connectivity index (χ0) is 14.2. The Hall–Kier alpha value is -1.10. The predicted molar refractivity (Wildman–Crippen MR) is 86.6 cm³/mol. The van der Waals surface area contributed by atoms with E-state index in [1.54, 1.807) is 0 Å². The smallest absolute Gasteiger partial charge is 0.225 e. The fourth-order valence-corrected chi connectivity index (χ4v) is 2.60. The summed E-state index contributed by atoms with van der Waals surface area (Å²) in [6.45, 7) is 3.31. The van der Waals surface area contributed by atoms with E-state index in [2.05, 4.69) is 12.1 Å². The number of hydrogen-bond acceptors (Lipinski definition) is 3. The van der Waals surface area contributed by atoms with Crippen LogP contribution in [0, 0.1) is 5.92 Å². The summed E-state index contributed by atoms with van der Waals surface area (Å²) < 4.78 is 5.32. The minimum absolute atomic E-state index is 0. The first-order valence-corrected chi connectivity index (χ1v) is 7.42. The number of ether oxygens (including phenoxy) is 1. The van der Waals surface area contributed by atoms with Crippen LogP contribution in [-0.2, 0) is 16.0 Å². The summed E-state index contributed by atoms with van der Waals surface area (Å²) in [6, 6.07) is 10.3. The number of nitrogens with two attached hydrogens (primary N) is 1. The molecule has 1 aromatic rings. The van der Waals surface area contributed by atoms with Crippen molar-refractivity contribution in [2.75, 3.05) is 32.8 Å². The number of amides is 1. The van der Waals surface area contributed by atoms with Gasteiger partial charge in [-0.1, -0.05) is 30.3 Å². The fourth-order valence-electron chi connectivity index (χ4n) is 2.60. The van der Waals surface area contributed by atoms with Crippen molar-refractivity contribution >= 4 is 18.3 Å². The highest BCUT2D eigenvalue weighted by Gasteiger charge is 2.25. The first kappa shape index (κ1) is 18.0.